The normalized spacial score (nSPS) is 14.3. The molecule has 0 radical (unpaired) electrons. The van der Waals surface area contributed by atoms with Crippen LogP contribution in [0.1, 0.15) is 29.3 Å². The molecule has 1 amide bonds. The van der Waals surface area contributed by atoms with E-state index >= 15 is 0 Å². The number of carbonyl (C=O) groups is 1. The number of rotatable bonds is 8. The highest BCUT2D eigenvalue weighted by Gasteiger charge is 2.25. The van der Waals surface area contributed by atoms with Crippen LogP contribution in [-0.2, 0) is 11.2 Å². The van der Waals surface area contributed by atoms with E-state index < -0.39 is 0 Å². The highest BCUT2D eigenvalue weighted by Crippen LogP contribution is 2.34. The summed E-state index contributed by atoms with van der Waals surface area (Å²) in [4.78, 5) is 29.7. The van der Waals surface area contributed by atoms with E-state index in [1.54, 1.807) is 22.7 Å². The number of hydrogen-bond donors (Lipinski definition) is 0. The van der Waals surface area contributed by atoms with Gasteiger partial charge in [-0.05, 0) is 48.1 Å². The minimum atomic E-state index is -0.0273. The number of aryl methyl sites for hydroxylation is 1. The zero-order valence-electron chi connectivity index (χ0n) is 21.4. The number of para-hydroxylation sites is 2. The van der Waals surface area contributed by atoms with Gasteiger partial charge < -0.3 is 4.74 Å². The van der Waals surface area contributed by atoms with Crippen molar-refractivity contribution in [3.05, 3.63) is 77.2 Å². The summed E-state index contributed by atoms with van der Waals surface area (Å²) in [7, 11) is 0. The Morgan fingerprint density at radius 3 is 2.74 bits per heavy atom. The van der Waals surface area contributed by atoms with Gasteiger partial charge in [-0.2, -0.15) is 0 Å². The lowest BCUT2D eigenvalue weighted by molar-refractivity contribution is 0.0376. The molecule has 0 bridgehead atoms. The van der Waals surface area contributed by atoms with Gasteiger partial charge in [-0.3, -0.25) is 14.6 Å². The van der Waals surface area contributed by atoms with Crippen molar-refractivity contribution in [3.8, 4) is 10.6 Å². The summed E-state index contributed by atoms with van der Waals surface area (Å²) in [6.45, 7) is 7.10. The number of morpholine rings is 1. The number of pyridine rings is 1. The Hall–Kier alpha value is -3.17. The number of aromatic nitrogens is 2. The first-order valence-electron chi connectivity index (χ1n) is 13.2. The Morgan fingerprint density at radius 2 is 1.92 bits per heavy atom. The van der Waals surface area contributed by atoms with Crippen molar-refractivity contribution in [3.63, 3.8) is 0 Å². The molecule has 0 N–H and O–H groups in total. The molecule has 3 aromatic heterocycles. The van der Waals surface area contributed by atoms with Crippen molar-refractivity contribution in [2.45, 2.75) is 19.8 Å². The van der Waals surface area contributed by atoms with Gasteiger partial charge in [-0.1, -0.05) is 54.7 Å². The minimum Gasteiger partial charge on any atom is -0.379 e. The van der Waals surface area contributed by atoms with Gasteiger partial charge in [0.05, 0.1) is 45.1 Å². The average Bonchev–Trinajstić information content (AvgIpc) is 3.65. The molecule has 1 saturated heterocycles. The van der Waals surface area contributed by atoms with Gasteiger partial charge in [0.2, 0.25) is 0 Å². The van der Waals surface area contributed by atoms with Crippen molar-refractivity contribution in [2.24, 2.45) is 0 Å². The number of hydrogen-bond acceptors (Lipinski definition) is 7. The summed E-state index contributed by atoms with van der Waals surface area (Å²) in [5, 5.41) is 3.66. The van der Waals surface area contributed by atoms with Crippen molar-refractivity contribution >= 4 is 54.8 Å². The fourth-order valence-electron chi connectivity index (χ4n) is 5.00. The predicted octanol–water partition coefficient (Wildman–Crippen LogP) is 6.50. The molecule has 0 unspecified atom stereocenters. The smallest absolute Gasteiger partial charge is 0.260 e. The Balaban J connectivity index is 1.40. The van der Waals surface area contributed by atoms with Gasteiger partial charge in [-0.25, -0.2) is 9.97 Å². The Kier molecular flexibility index (Phi) is 7.47. The van der Waals surface area contributed by atoms with Gasteiger partial charge in [0.1, 0.15) is 0 Å². The largest absolute Gasteiger partial charge is 0.379 e. The number of fused-ring (bicyclic) bond motifs is 2. The van der Waals surface area contributed by atoms with E-state index in [-0.39, 0.29) is 5.91 Å². The quantitative estimate of drug-likeness (QED) is 0.224. The van der Waals surface area contributed by atoms with Crippen LogP contribution in [0.15, 0.2) is 66.0 Å². The first kappa shape index (κ1) is 25.1. The van der Waals surface area contributed by atoms with Gasteiger partial charge in [0.25, 0.3) is 5.91 Å². The van der Waals surface area contributed by atoms with Gasteiger partial charge in [0.15, 0.2) is 5.13 Å². The fourth-order valence-corrected chi connectivity index (χ4v) is 6.73. The van der Waals surface area contributed by atoms with E-state index in [9.17, 15) is 4.79 Å². The van der Waals surface area contributed by atoms with E-state index in [0.717, 1.165) is 82.5 Å². The molecular formula is C30H30N4O2S2. The van der Waals surface area contributed by atoms with Crippen LogP contribution >= 0.6 is 22.7 Å². The van der Waals surface area contributed by atoms with E-state index in [2.05, 4.69) is 36.1 Å². The highest BCUT2D eigenvalue weighted by atomic mass is 32.1. The summed E-state index contributed by atoms with van der Waals surface area (Å²) in [6.07, 6.45) is 1.77. The molecular weight excluding hydrogens is 512 g/mol. The molecule has 1 fully saturated rings. The van der Waals surface area contributed by atoms with Crippen LogP contribution in [0.5, 0.6) is 0 Å². The maximum Gasteiger partial charge on any atom is 0.260 e. The number of benzene rings is 2. The van der Waals surface area contributed by atoms with Gasteiger partial charge in [-0.15, -0.1) is 11.3 Å². The number of thiophene rings is 1. The first-order chi connectivity index (χ1) is 18.7. The second kappa shape index (κ2) is 11.3. The predicted molar refractivity (Wildman–Crippen MR) is 158 cm³/mol. The first-order valence-corrected chi connectivity index (χ1v) is 14.8. The minimum absolute atomic E-state index is 0.0273. The molecule has 2 aromatic carbocycles. The number of ether oxygens (including phenoxy) is 1. The summed E-state index contributed by atoms with van der Waals surface area (Å²) in [5.74, 6) is -0.0273. The number of amides is 1. The Morgan fingerprint density at radius 1 is 1.05 bits per heavy atom. The van der Waals surface area contributed by atoms with Crippen LogP contribution in [-0.4, -0.2) is 60.2 Å². The average molecular weight is 543 g/mol. The monoisotopic (exact) mass is 542 g/mol. The van der Waals surface area contributed by atoms with E-state index in [0.29, 0.717) is 12.1 Å². The topological polar surface area (TPSA) is 58.6 Å². The molecule has 8 heteroatoms. The van der Waals surface area contributed by atoms with Crippen molar-refractivity contribution in [1.29, 1.82) is 0 Å². The molecule has 4 heterocycles. The third kappa shape index (κ3) is 5.09. The molecule has 1 aliphatic heterocycles. The van der Waals surface area contributed by atoms with Crippen LogP contribution in [0.25, 0.3) is 31.7 Å². The van der Waals surface area contributed by atoms with E-state index in [4.69, 9.17) is 14.7 Å². The van der Waals surface area contributed by atoms with E-state index in [1.807, 2.05) is 46.7 Å². The van der Waals surface area contributed by atoms with Gasteiger partial charge >= 0.3 is 0 Å². The van der Waals surface area contributed by atoms with Crippen LogP contribution in [0.2, 0.25) is 0 Å². The third-order valence-corrected chi connectivity index (χ3v) is 8.96. The zero-order valence-corrected chi connectivity index (χ0v) is 23.1. The SMILES string of the molecule is CCc1cccc2sc(N(CCCN3CCOCC3)C(=O)c3cc(-c4cccs4)nc4ccccc34)nc12. The number of thiazole rings is 1. The Bertz CT molecular complexity index is 1560. The molecule has 0 atom stereocenters. The lowest BCUT2D eigenvalue weighted by Gasteiger charge is -2.28. The third-order valence-electron chi connectivity index (χ3n) is 7.03. The van der Waals surface area contributed by atoms with Crippen molar-refractivity contribution in [1.82, 2.24) is 14.9 Å². The summed E-state index contributed by atoms with van der Waals surface area (Å²) in [5.41, 5.74) is 4.53. The van der Waals surface area contributed by atoms with Crippen LogP contribution in [0.4, 0.5) is 5.13 Å². The molecule has 0 spiro atoms. The number of nitrogens with zero attached hydrogens (tertiary/aromatic N) is 4. The van der Waals surface area contributed by atoms with Crippen LogP contribution in [0, 0.1) is 0 Å². The molecule has 38 heavy (non-hydrogen) atoms. The highest BCUT2D eigenvalue weighted by molar-refractivity contribution is 7.22. The maximum absolute atomic E-state index is 14.4. The lowest BCUT2D eigenvalue weighted by Crippen LogP contribution is -2.39. The second-order valence-corrected chi connectivity index (χ2v) is 11.4. The molecule has 5 aromatic rings. The Labute approximate surface area is 230 Å². The molecule has 6 rings (SSSR count). The second-order valence-electron chi connectivity index (χ2n) is 9.43. The summed E-state index contributed by atoms with van der Waals surface area (Å²) in [6, 6.07) is 20.3. The van der Waals surface area contributed by atoms with E-state index in [1.165, 1.54) is 5.56 Å². The van der Waals surface area contributed by atoms with Gasteiger partial charge in [0, 0.05) is 31.6 Å². The molecule has 0 saturated carbocycles. The lowest BCUT2D eigenvalue weighted by atomic mass is 10.1. The zero-order chi connectivity index (χ0) is 25.9. The number of anilines is 1. The summed E-state index contributed by atoms with van der Waals surface area (Å²) < 4.78 is 6.63. The molecule has 1 aliphatic rings. The fraction of sp³-hybridized carbons (Fsp3) is 0.300. The maximum atomic E-state index is 14.4. The molecule has 6 nitrogen and oxygen atoms in total. The van der Waals surface area contributed by atoms with Crippen molar-refractivity contribution < 1.29 is 9.53 Å². The number of carbonyl (C=O) groups excluding carboxylic acids is 1. The summed E-state index contributed by atoms with van der Waals surface area (Å²) >= 11 is 3.23. The van der Waals surface area contributed by atoms with Crippen LogP contribution < -0.4 is 4.90 Å². The van der Waals surface area contributed by atoms with Crippen molar-refractivity contribution in [2.75, 3.05) is 44.3 Å². The molecule has 194 valence electrons. The molecule has 0 aliphatic carbocycles. The van der Waals surface area contributed by atoms with Crippen LogP contribution in [0.3, 0.4) is 0 Å². The standard InChI is InChI=1S/C30H30N4O2S2/c1-2-21-8-5-11-27-28(21)32-30(38-27)34(14-7-13-33-15-17-36-18-16-33)29(35)23-20-25(26-12-6-19-37-26)31-24-10-4-3-9-22(23)24/h3-6,8-12,19-20H,2,7,13-18H2,1H3.